The number of aryl methyl sites for hydroxylation is 1. The predicted molar refractivity (Wildman–Crippen MR) is 123 cm³/mol. The van der Waals surface area contributed by atoms with E-state index in [2.05, 4.69) is 11.9 Å². The summed E-state index contributed by atoms with van der Waals surface area (Å²) in [5.74, 6) is 1.91. The van der Waals surface area contributed by atoms with Gasteiger partial charge in [0.1, 0.15) is 5.75 Å². The van der Waals surface area contributed by atoms with Gasteiger partial charge in [-0.2, -0.15) is 4.73 Å². The van der Waals surface area contributed by atoms with Crippen LogP contribution in [-0.4, -0.2) is 34.7 Å². The quantitative estimate of drug-likeness (QED) is 0.499. The summed E-state index contributed by atoms with van der Waals surface area (Å²) in [6.07, 6.45) is 8.78. The Balaban J connectivity index is 1.59. The third kappa shape index (κ3) is 3.76. The number of sulfone groups is 1. The molecule has 0 bridgehead atoms. The molecule has 7 heteroatoms. The highest BCUT2D eigenvalue weighted by Gasteiger charge is 2.37. The average Bonchev–Trinajstić information content (AvgIpc) is 3.55. The van der Waals surface area contributed by atoms with E-state index in [1.165, 1.54) is 6.42 Å². The minimum atomic E-state index is -3.34. The van der Waals surface area contributed by atoms with Gasteiger partial charge in [0.15, 0.2) is 15.7 Å². The van der Waals surface area contributed by atoms with Gasteiger partial charge >= 0.3 is 0 Å². The molecule has 2 saturated carbocycles. The molecular formula is C25H30N2O4S. The monoisotopic (exact) mass is 454 g/mol. The van der Waals surface area contributed by atoms with Crippen LogP contribution in [-0.2, 0) is 9.84 Å². The van der Waals surface area contributed by atoms with Crippen molar-refractivity contribution in [3.63, 3.8) is 0 Å². The molecule has 32 heavy (non-hydrogen) atoms. The normalized spacial score (nSPS) is 21.7. The molecule has 0 spiro atoms. The van der Waals surface area contributed by atoms with Crippen molar-refractivity contribution in [2.45, 2.75) is 75.0 Å². The first-order chi connectivity index (χ1) is 15.4. The first-order valence-electron chi connectivity index (χ1n) is 11.6. The second-order valence-electron chi connectivity index (χ2n) is 9.26. The Morgan fingerprint density at radius 1 is 1.03 bits per heavy atom. The number of benzene rings is 1. The molecule has 4 aliphatic rings. The number of pyridine rings is 1. The van der Waals surface area contributed by atoms with Crippen LogP contribution in [0.1, 0.15) is 57.6 Å². The van der Waals surface area contributed by atoms with E-state index in [4.69, 9.17) is 4.74 Å². The van der Waals surface area contributed by atoms with Gasteiger partial charge in [-0.25, -0.2) is 13.4 Å². The van der Waals surface area contributed by atoms with Crippen molar-refractivity contribution < 1.29 is 18.4 Å². The summed E-state index contributed by atoms with van der Waals surface area (Å²) >= 11 is 0. The molecule has 2 heterocycles. The number of rotatable bonds is 6. The molecule has 2 aliphatic heterocycles. The maximum Gasteiger partial charge on any atom is 0.181 e. The van der Waals surface area contributed by atoms with E-state index < -0.39 is 9.84 Å². The smallest absolute Gasteiger partial charge is 0.181 e. The van der Waals surface area contributed by atoms with Crippen molar-refractivity contribution >= 4 is 9.84 Å². The maximum atomic E-state index is 13.0. The van der Waals surface area contributed by atoms with E-state index in [9.17, 15) is 13.6 Å². The Bertz CT molecular complexity index is 1200. The maximum absolute atomic E-state index is 13.0. The van der Waals surface area contributed by atoms with Crippen LogP contribution in [0, 0.1) is 12.8 Å². The predicted octanol–water partition coefficient (Wildman–Crippen LogP) is 5.48. The number of nitrogens with zero attached hydrogens (tertiary/aromatic N) is 2. The molecule has 0 radical (unpaired) electrons. The van der Waals surface area contributed by atoms with Gasteiger partial charge < -0.3 is 9.94 Å². The van der Waals surface area contributed by atoms with Gasteiger partial charge in [0, 0.05) is 17.3 Å². The van der Waals surface area contributed by atoms with Gasteiger partial charge in [-0.3, -0.25) is 0 Å². The van der Waals surface area contributed by atoms with E-state index in [0.717, 1.165) is 65.9 Å². The zero-order valence-corrected chi connectivity index (χ0v) is 19.4. The average molecular weight is 455 g/mol. The van der Waals surface area contributed by atoms with Crippen molar-refractivity contribution in [3.05, 3.63) is 42.2 Å². The van der Waals surface area contributed by atoms with Crippen molar-refractivity contribution in [3.8, 4) is 28.3 Å². The molecule has 5 rings (SSSR count). The highest BCUT2D eigenvalue weighted by atomic mass is 32.2. The first-order valence-corrected chi connectivity index (χ1v) is 13.1. The fraction of sp³-hybridized carbons (Fsp3) is 0.480. The summed E-state index contributed by atoms with van der Waals surface area (Å²) < 4.78 is 33.5. The van der Waals surface area contributed by atoms with Crippen LogP contribution < -0.4 is 4.74 Å². The highest BCUT2D eigenvalue weighted by molar-refractivity contribution is 7.92. The Kier molecular flexibility index (Phi) is 5.40. The third-order valence-corrected chi connectivity index (χ3v) is 9.31. The molecule has 1 aromatic carbocycles. The van der Waals surface area contributed by atoms with Crippen molar-refractivity contribution in [1.29, 1.82) is 0 Å². The summed E-state index contributed by atoms with van der Waals surface area (Å²) in [5.41, 5.74) is 2.95. The lowest BCUT2D eigenvalue weighted by Crippen LogP contribution is -2.24. The summed E-state index contributed by atoms with van der Waals surface area (Å²) in [5, 5.41) is 10.1. The standard InChI is InChI=1S/C25H30N2O4S/c1-3-17-4-6-18(7-5-17)31-24-11-10-20(32(29,30)19-8-9-19)15-23(24)22-14-16(2)27(28)25-21(22)12-13-26-25/h10-15,17-19,28H,3-9H2,1-2H3. The molecule has 0 saturated heterocycles. The van der Waals surface area contributed by atoms with Crippen LogP contribution >= 0.6 is 0 Å². The van der Waals surface area contributed by atoms with E-state index in [-0.39, 0.29) is 11.4 Å². The molecule has 170 valence electrons. The van der Waals surface area contributed by atoms with Crippen LogP contribution in [0.3, 0.4) is 0 Å². The van der Waals surface area contributed by atoms with Crippen molar-refractivity contribution in [2.75, 3.05) is 0 Å². The number of ether oxygens (including phenoxy) is 1. The van der Waals surface area contributed by atoms with Crippen LogP contribution in [0.5, 0.6) is 5.75 Å². The van der Waals surface area contributed by atoms with Crippen LogP contribution in [0.4, 0.5) is 0 Å². The number of hydrogen-bond donors (Lipinski definition) is 1. The third-order valence-electron chi connectivity index (χ3n) is 7.05. The Hall–Kier alpha value is -2.54. The van der Waals surface area contributed by atoms with Gasteiger partial charge in [-0.1, -0.05) is 13.3 Å². The summed E-state index contributed by atoms with van der Waals surface area (Å²) in [6.45, 7) is 4.04. The van der Waals surface area contributed by atoms with Crippen LogP contribution in [0.2, 0.25) is 0 Å². The molecule has 0 aromatic heterocycles. The number of aromatic nitrogens is 2. The van der Waals surface area contributed by atoms with Gasteiger partial charge in [-0.15, -0.1) is 0 Å². The minimum absolute atomic E-state index is 0.128. The Morgan fingerprint density at radius 3 is 2.47 bits per heavy atom. The van der Waals surface area contributed by atoms with E-state index in [0.29, 0.717) is 22.2 Å². The molecule has 2 aliphatic carbocycles. The summed E-state index contributed by atoms with van der Waals surface area (Å²) in [4.78, 5) is 4.63. The van der Waals surface area contributed by atoms with Gasteiger partial charge in [0.25, 0.3) is 0 Å². The van der Waals surface area contributed by atoms with Gasteiger partial charge in [0.05, 0.1) is 21.9 Å². The molecule has 1 N–H and O–H groups in total. The molecule has 0 unspecified atom stereocenters. The lowest BCUT2D eigenvalue weighted by atomic mass is 9.86. The van der Waals surface area contributed by atoms with Crippen molar-refractivity contribution in [1.82, 2.24) is 9.71 Å². The minimum Gasteiger partial charge on any atom is -0.490 e. The molecular weight excluding hydrogens is 424 g/mol. The summed E-state index contributed by atoms with van der Waals surface area (Å²) in [7, 11) is -3.34. The number of fused-ring (bicyclic) bond motifs is 1. The lowest BCUT2D eigenvalue weighted by molar-refractivity contribution is 0.130. The molecule has 0 amide bonds. The van der Waals surface area contributed by atoms with Gasteiger partial charge in [-0.05, 0) is 87.3 Å². The van der Waals surface area contributed by atoms with E-state index >= 15 is 0 Å². The molecule has 6 nitrogen and oxygen atoms in total. The zero-order valence-electron chi connectivity index (χ0n) is 18.6. The Morgan fingerprint density at radius 2 is 1.78 bits per heavy atom. The second kappa shape index (κ2) is 8.10. The second-order valence-corrected chi connectivity index (χ2v) is 11.5. The molecule has 1 aromatic rings. The zero-order chi connectivity index (χ0) is 22.5. The van der Waals surface area contributed by atoms with Crippen LogP contribution in [0.15, 0.2) is 41.4 Å². The summed E-state index contributed by atoms with van der Waals surface area (Å²) in [6, 6.07) is 8.97. The SMILES string of the molecule is CCC1CCC(Oc2ccc(S(=O)(=O)C3CC3)cc2-c2cc(C)n(O)c3nccc2-3)CC1. The topological polar surface area (TPSA) is 81.4 Å². The fourth-order valence-electron chi connectivity index (χ4n) is 4.85. The Labute approximate surface area is 189 Å². The number of hydrogen-bond acceptors (Lipinski definition) is 5. The molecule has 2 fully saturated rings. The highest BCUT2D eigenvalue weighted by Crippen LogP contribution is 2.43. The molecule has 0 atom stereocenters. The van der Waals surface area contributed by atoms with E-state index in [1.54, 1.807) is 25.3 Å². The van der Waals surface area contributed by atoms with E-state index in [1.807, 2.05) is 18.2 Å². The lowest BCUT2D eigenvalue weighted by Gasteiger charge is -2.29. The fourth-order valence-corrected chi connectivity index (χ4v) is 6.53. The van der Waals surface area contributed by atoms with Crippen molar-refractivity contribution in [2.24, 2.45) is 5.92 Å². The van der Waals surface area contributed by atoms with Crippen LogP contribution in [0.25, 0.3) is 22.5 Å². The van der Waals surface area contributed by atoms with Gasteiger partial charge in [0.2, 0.25) is 0 Å². The first kappa shape index (κ1) is 21.3. The largest absolute Gasteiger partial charge is 0.490 e.